The number of benzene rings is 1. The fraction of sp³-hybridized carbons (Fsp3) is 0.208. The van der Waals surface area contributed by atoms with Crippen LogP contribution in [0.25, 0.3) is 5.76 Å². The van der Waals surface area contributed by atoms with Crippen molar-refractivity contribution in [3.63, 3.8) is 0 Å². The van der Waals surface area contributed by atoms with E-state index in [2.05, 4.69) is 9.97 Å². The van der Waals surface area contributed by atoms with Gasteiger partial charge in [-0.05, 0) is 44.0 Å². The van der Waals surface area contributed by atoms with E-state index in [1.165, 1.54) is 18.2 Å². The predicted octanol–water partition coefficient (Wildman–Crippen LogP) is 3.88. The monoisotopic (exact) mass is 463 g/mol. The van der Waals surface area contributed by atoms with Gasteiger partial charge in [-0.3, -0.25) is 19.5 Å². The van der Waals surface area contributed by atoms with E-state index < -0.39 is 23.7 Å². The van der Waals surface area contributed by atoms with Crippen LogP contribution in [0.3, 0.4) is 0 Å². The van der Waals surface area contributed by atoms with Crippen LogP contribution in [-0.4, -0.2) is 39.8 Å². The molecule has 3 aromatic rings. The molecule has 0 saturated carbocycles. The van der Waals surface area contributed by atoms with Crippen LogP contribution in [0, 0.1) is 20.8 Å². The average molecular weight is 464 g/mol. The Hall–Kier alpha value is -3.85. The number of aliphatic hydroxyl groups excluding tert-OH is 1. The number of aryl methyl sites for hydroxylation is 3. The van der Waals surface area contributed by atoms with Gasteiger partial charge in [0.1, 0.15) is 10.6 Å². The first kappa shape index (κ1) is 22.3. The highest BCUT2D eigenvalue weighted by Crippen LogP contribution is 2.44. The third kappa shape index (κ3) is 3.80. The second-order valence-corrected chi connectivity index (χ2v) is 8.65. The van der Waals surface area contributed by atoms with Crippen molar-refractivity contribution in [1.82, 2.24) is 9.97 Å². The van der Waals surface area contributed by atoms with E-state index >= 15 is 0 Å². The third-order valence-electron chi connectivity index (χ3n) is 5.45. The van der Waals surface area contributed by atoms with Crippen molar-refractivity contribution in [3.05, 3.63) is 81.1 Å². The SMILES string of the molecule is COC(=O)c1sc(N2C(=O)C(=O)C(=C(O)c3cc(C)ccc3C)C2c2cccnc2)nc1C. The first-order valence-corrected chi connectivity index (χ1v) is 10.9. The predicted molar refractivity (Wildman–Crippen MR) is 123 cm³/mol. The lowest BCUT2D eigenvalue weighted by atomic mass is 9.94. The summed E-state index contributed by atoms with van der Waals surface area (Å²) in [7, 11) is 1.26. The molecule has 9 heteroatoms. The molecule has 2 aromatic heterocycles. The van der Waals surface area contributed by atoms with Crippen molar-refractivity contribution in [1.29, 1.82) is 0 Å². The van der Waals surface area contributed by atoms with E-state index in [1.807, 2.05) is 26.0 Å². The summed E-state index contributed by atoms with van der Waals surface area (Å²) in [6, 6.07) is 7.94. The van der Waals surface area contributed by atoms with E-state index in [4.69, 9.17) is 4.74 Å². The number of rotatable bonds is 4. The Morgan fingerprint density at radius 2 is 1.94 bits per heavy atom. The molecule has 0 bridgehead atoms. The molecule has 4 rings (SSSR count). The smallest absolute Gasteiger partial charge is 0.350 e. The maximum atomic E-state index is 13.2. The number of anilines is 1. The molecular weight excluding hydrogens is 442 g/mol. The zero-order valence-electron chi connectivity index (χ0n) is 18.4. The number of aliphatic hydroxyl groups is 1. The molecule has 0 aliphatic carbocycles. The van der Waals surface area contributed by atoms with E-state index in [9.17, 15) is 19.5 Å². The molecule has 3 heterocycles. The van der Waals surface area contributed by atoms with Crippen LogP contribution in [0.4, 0.5) is 5.13 Å². The summed E-state index contributed by atoms with van der Waals surface area (Å²) in [6.07, 6.45) is 3.10. The van der Waals surface area contributed by atoms with Gasteiger partial charge in [0.2, 0.25) is 0 Å². The van der Waals surface area contributed by atoms with Gasteiger partial charge in [-0.15, -0.1) is 0 Å². The standard InChI is InChI=1S/C24H21N3O5S/c1-12-7-8-13(2)16(10-12)19(28)17-18(15-6-5-9-25-11-15)27(22(30)20(17)29)24-26-14(3)21(33-24)23(31)32-4/h5-11,18,28H,1-4H3. The van der Waals surface area contributed by atoms with Crippen molar-refractivity contribution in [3.8, 4) is 0 Å². The summed E-state index contributed by atoms with van der Waals surface area (Å²) in [4.78, 5) is 48.5. The lowest BCUT2D eigenvalue weighted by Crippen LogP contribution is -2.29. The van der Waals surface area contributed by atoms with E-state index in [0.717, 1.165) is 22.5 Å². The Morgan fingerprint density at radius 1 is 1.18 bits per heavy atom. The maximum absolute atomic E-state index is 13.2. The Morgan fingerprint density at radius 3 is 2.61 bits per heavy atom. The summed E-state index contributed by atoms with van der Waals surface area (Å²) in [5.41, 5.74) is 2.96. The number of nitrogens with zero attached hydrogens (tertiary/aromatic N) is 3. The Balaban J connectivity index is 1.96. The number of amides is 1. The molecule has 1 N–H and O–H groups in total. The number of Topliss-reactive ketones (excluding diaryl/α,β-unsaturated/α-hetero) is 1. The normalized spacial score (nSPS) is 17.5. The van der Waals surface area contributed by atoms with E-state index in [0.29, 0.717) is 16.8 Å². The Labute approximate surface area is 194 Å². The minimum Gasteiger partial charge on any atom is -0.507 e. The van der Waals surface area contributed by atoms with Crippen molar-refractivity contribution in [2.45, 2.75) is 26.8 Å². The van der Waals surface area contributed by atoms with Gasteiger partial charge in [-0.1, -0.05) is 35.1 Å². The van der Waals surface area contributed by atoms with E-state index in [-0.39, 0.29) is 21.3 Å². The van der Waals surface area contributed by atoms with Crippen molar-refractivity contribution < 1.29 is 24.2 Å². The first-order chi connectivity index (χ1) is 15.7. The van der Waals surface area contributed by atoms with Gasteiger partial charge in [0.25, 0.3) is 5.78 Å². The molecule has 1 aliphatic heterocycles. The molecule has 1 saturated heterocycles. The highest BCUT2D eigenvalue weighted by molar-refractivity contribution is 7.17. The third-order valence-corrected chi connectivity index (χ3v) is 6.59. The molecule has 33 heavy (non-hydrogen) atoms. The number of hydrogen-bond donors (Lipinski definition) is 1. The summed E-state index contributed by atoms with van der Waals surface area (Å²) < 4.78 is 4.80. The molecule has 1 atom stereocenters. The number of aromatic nitrogens is 2. The number of carbonyl (C=O) groups excluding carboxylic acids is 3. The second-order valence-electron chi connectivity index (χ2n) is 7.68. The number of thiazole rings is 1. The minimum absolute atomic E-state index is 0.0610. The number of methoxy groups -OCH3 is 1. The van der Waals surface area contributed by atoms with Gasteiger partial charge in [-0.25, -0.2) is 9.78 Å². The van der Waals surface area contributed by atoms with E-state index in [1.54, 1.807) is 31.3 Å². The first-order valence-electron chi connectivity index (χ1n) is 10.1. The van der Waals surface area contributed by atoms with Gasteiger partial charge in [0.05, 0.1) is 24.4 Å². The zero-order chi connectivity index (χ0) is 23.9. The van der Waals surface area contributed by atoms with Gasteiger partial charge in [-0.2, -0.15) is 0 Å². The van der Waals surface area contributed by atoms with Crippen LogP contribution < -0.4 is 4.90 Å². The van der Waals surface area contributed by atoms with Crippen molar-refractivity contribution >= 4 is 39.9 Å². The summed E-state index contributed by atoms with van der Waals surface area (Å²) in [5.74, 6) is -2.54. The number of hydrogen-bond acceptors (Lipinski definition) is 8. The molecule has 168 valence electrons. The molecule has 0 radical (unpaired) electrons. The second kappa shape index (κ2) is 8.59. The molecule has 0 spiro atoms. The lowest BCUT2D eigenvalue weighted by Gasteiger charge is -2.22. The van der Waals surface area contributed by atoms with Crippen molar-refractivity contribution in [2.75, 3.05) is 12.0 Å². The van der Waals surface area contributed by atoms with Crippen molar-refractivity contribution in [2.24, 2.45) is 0 Å². The van der Waals surface area contributed by atoms with Crippen LogP contribution in [0.2, 0.25) is 0 Å². The summed E-state index contributed by atoms with van der Waals surface area (Å²) in [6.45, 7) is 5.31. The minimum atomic E-state index is -0.963. The van der Waals surface area contributed by atoms with Crippen LogP contribution in [0.5, 0.6) is 0 Å². The molecule has 1 unspecified atom stereocenters. The van der Waals surface area contributed by atoms with Gasteiger partial charge in [0, 0.05) is 18.0 Å². The molecule has 1 amide bonds. The fourth-order valence-corrected chi connectivity index (χ4v) is 4.80. The Bertz CT molecular complexity index is 1310. The number of esters is 1. The highest BCUT2D eigenvalue weighted by atomic mass is 32.1. The van der Waals surface area contributed by atoms with Crippen LogP contribution in [-0.2, 0) is 14.3 Å². The number of ether oxygens (including phenoxy) is 1. The highest BCUT2D eigenvalue weighted by Gasteiger charge is 2.48. The largest absolute Gasteiger partial charge is 0.507 e. The quantitative estimate of drug-likeness (QED) is 0.271. The van der Waals surface area contributed by atoms with Gasteiger partial charge < -0.3 is 9.84 Å². The van der Waals surface area contributed by atoms with Crippen LogP contribution >= 0.6 is 11.3 Å². The topological polar surface area (TPSA) is 110 Å². The van der Waals surface area contributed by atoms with Crippen LogP contribution in [0.15, 0.2) is 48.3 Å². The summed E-state index contributed by atoms with van der Waals surface area (Å²) in [5, 5.41) is 11.4. The summed E-state index contributed by atoms with van der Waals surface area (Å²) >= 11 is 0.951. The molecule has 1 aromatic carbocycles. The number of pyridine rings is 1. The zero-order valence-corrected chi connectivity index (χ0v) is 19.3. The molecule has 1 aliphatic rings. The molecule has 8 nitrogen and oxygen atoms in total. The van der Waals surface area contributed by atoms with Gasteiger partial charge in [0.15, 0.2) is 5.13 Å². The number of ketones is 1. The average Bonchev–Trinajstić information content (AvgIpc) is 3.32. The maximum Gasteiger partial charge on any atom is 0.350 e. The number of carbonyl (C=O) groups is 3. The van der Waals surface area contributed by atoms with Gasteiger partial charge >= 0.3 is 11.9 Å². The lowest BCUT2D eigenvalue weighted by molar-refractivity contribution is -0.132. The molecular formula is C24H21N3O5S. The fourth-order valence-electron chi connectivity index (χ4n) is 3.79. The molecule has 1 fully saturated rings. The Kier molecular flexibility index (Phi) is 5.82. The van der Waals surface area contributed by atoms with Crippen LogP contribution in [0.1, 0.15) is 43.7 Å².